The van der Waals surface area contributed by atoms with Crippen molar-refractivity contribution >= 4 is 29.1 Å². The summed E-state index contributed by atoms with van der Waals surface area (Å²) < 4.78 is 0. The summed E-state index contributed by atoms with van der Waals surface area (Å²) in [5.74, 6) is 2.46. The SMILES string of the molecule is CNCc1cccc(Cl)c1N1CCCSCC1. The van der Waals surface area contributed by atoms with Crippen molar-refractivity contribution in [2.45, 2.75) is 13.0 Å². The molecule has 2 nitrogen and oxygen atoms in total. The second-order valence-electron chi connectivity index (χ2n) is 4.23. The highest BCUT2D eigenvalue weighted by atomic mass is 35.5. The Balaban J connectivity index is 2.27. The zero-order chi connectivity index (χ0) is 12.1. The van der Waals surface area contributed by atoms with Crippen molar-refractivity contribution in [2.24, 2.45) is 0 Å². The summed E-state index contributed by atoms with van der Waals surface area (Å²) in [6.45, 7) is 3.10. The molecule has 1 fully saturated rings. The van der Waals surface area contributed by atoms with Gasteiger partial charge in [0, 0.05) is 25.4 Å². The summed E-state index contributed by atoms with van der Waals surface area (Å²) in [5, 5.41) is 4.10. The molecule has 1 N–H and O–H groups in total. The number of rotatable bonds is 3. The molecule has 1 heterocycles. The van der Waals surface area contributed by atoms with Crippen LogP contribution in [-0.4, -0.2) is 31.6 Å². The summed E-state index contributed by atoms with van der Waals surface area (Å²) in [6, 6.07) is 6.19. The van der Waals surface area contributed by atoms with E-state index in [-0.39, 0.29) is 0 Å². The highest BCUT2D eigenvalue weighted by molar-refractivity contribution is 7.99. The quantitative estimate of drug-likeness (QED) is 0.909. The van der Waals surface area contributed by atoms with Crippen molar-refractivity contribution in [3.63, 3.8) is 0 Å². The molecule has 0 saturated carbocycles. The van der Waals surface area contributed by atoms with Gasteiger partial charge in [0.15, 0.2) is 0 Å². The smallest absolute Gasteiger partial charge is 0.0642 e. The summed E-state index contributed by atoms with van der Waals surface area (Å²) in [5.41, 5.74) is 2.53. The van der Waals surface area contributed by atoms with E-state index in [1.807, 2.05) is 30.9 Å². The van der Waals surface area contributed by atoms with E-state index in [0.717, 1.165) is 24.7 Å². The first-order valence-electron chi connectivity index (χ1n) is 6.07. The van der Waals surface area contributed by atoms with Crippen LogP contribution in [0, 0.1) is 0 Å². The Kier molecular flexibility index (Phi) is 5.01. The van der Waals surface area contributed by atoms with Crippen LogP contribution in [0.15, 0.2) is 18.2 Å². The van der Waals surface area contributed by atoms with Crippen molar-refractivity contribution in [2.75, 3.05) is 36.5 Å². The van der Waals surface area contributed by atoms with E-state index >= 15 is 0 Å². The average Bonchev–Trinajstić information content (AvgIpc) is 2.58. The number of halogens is 1. The number of hydrogen-bond acceptors (Lipinski definition) is 3. The van der Waals surface area contributed by atoms with Crippen LogP contribution >= 0.6 is 23.4 Å². The lowest BCUT2D eigenvalue weighted by molar-refractivity contribution is 0.780. The lowest BCUT2D eigenvalue weighted by atomic mass is 10.1. The fourth-order valence-electron chi connectivity index (χ4n) is 2.22. The van der Waals surface area contributed by atoms with E-state index in [2.05, 4.69) is 16.3 Å². The van der Waals surface area contributed by atoms with Gasteiger partial charge in [-0.3, -0.25) is 0 Å². The van der Waals surface area contributed by atoms with Crippen LogP contribution in [0.4, 0.5) is 5.69 Å². The van der Waals surface area contributed by atoms with E-state index < -0.39 is 0 Å². The maximum absolute atomic E-state index is 6.38. The maximum Gasteiger partial charge on any atom is 0.0642 e. The van der Waals surface area contributed by atoms with Gasteiger partial charge in [-0.2, -0.15) is 11.8 Å². The third-order valence-corrected chi connectivity index (χ3v) is 4.33. The molecule has 1 aliphatic heterocycles. The zero-order valence-corrected chi connectivity index (χ0v) is 11.8. The number of nitrogens with zero attached hydrogens (tertiary/aromatic N) is 1. The Morgan fingerprint density at radius 3 is 3.06 bits per heavy atom. The Morgan fingerprint density at radius 2 is 2.24 bits per heavy atom. The second kappa shape index (κ2) is 6.53. The van der Waals surface area contributed by atoms with Crippen molar-refractivity contribution in [3.8, 4) is 0 Å². The third-order valence-electron chi connectivity index (χ3n) is 2.98. The summed E-state index contributed by atoms with van der Waals surface area (Å²) in [6.07, 6.45) is 1.24. The monoisotopic (exact) mass is 270 g/mol. The number of hydrogen-bond donors (Lipinski definition) is 1. The summed E-state index contributed by atoms with van der Waals surface area (Å²) in [4.78, 5) is 2.44. The minimum Gasteiger partial charge on any atom is -0.369 e. The molecule has 0 atom stereocenters. The zero-order valence-electron chi connectivity index (χ0n) is 10.2. The van der Waals surface area contributed by atoms with Gasteiger partial charge in [-0.1, -0.05) is 23.7 Å². The molecular formula is C13H19ClN2S. The molecular weight excluding hydrogens is 252 g/mol. The molecule has 4 heteroatoms. The molecule has 0 aliphatic carbocycles. The van der Waals surface area contributed by atoms with Crippen LogP contribution < -0.4 is 10.2 Å². The van der Waals surface area contributed by atoms with Gasteiger partial charge in [0.1, 0.15) is 0 Å². The first-order chi connectivity index (χ1) is 8.33. The Morgan fingerprint density at radius 1 is 1.35 bits per heavy atom. The molecule has 2 rings (SSSR count). The van der Waals surface area contributed by atoms with Crippen molar-refractivity contribution in [3.05, 3.63) is 28.8 Å². The van der Waals surface area contributed by atoms with Gasteiger partial charge in [0.05, 0.1) is 10.7 Å². The molecule has 1 saturated heterocycles. The van der Waals surface area contributed by atoms with Crippen LogP contribution in [0.1, 0.15) is 12.0 Å². The van der Waals surface area contributed by atoms with Crippen LogP contribution in [0.5, 0.6) is 0 Å². The van der Waals surface area contributed by atoms with Crippen molar-refractivity contribution < 1.29 is 0 Å². The Labute approximate surface area is 113 Å². The summed E-state index contributed by atoms with van der Waals surface area (Å²) >= 11 is 8.41. The molecule has 0 unspecified atom stereocenters. The van der Waals surface area contributed by atoms with E-state index in [0.29, 0.717) is 0 Å². The lowest BCUT2D eigenvalue weighted by Crippen LogP contribution is -2.27. The molecule has 1 aromatic rings. The van der Waals surface area contributed by atoms with E-state index in [1.165, 1.54) is 29.2 Å². The molecule has 0 aromatic heterocycles. The number of benzene rings is 1. The van der Waals surface area contributed by atoms with Gasteiger partial charge in [0.25, 0.3) is 0 Å². The highest BCUT2D eigenvalue weighted by Crippen LogP contribution is 2.31. The second-order valence-corrected chi connectivity index (χ2v) is 5.86. The van der Waals surface area contributed by atoms with E-state index in [9.17, 15) is 0 Å². The normalized spacial score (nSPS) is 16.9. The van der Waals surface area contributed by atoms with E-state index in [1.54, 1.807) is 0 Å². The molecule has 0 amide bonds. The Hall–Kier alpha value is -0.380. The predicted octanol–water partition coefficient (Wildman–Crippen LogP) is 3.00. The van der Waals surface area contributed by atoms with E-state index in [4.69, 9.17) is 11.6 Å². The van der Waals surface area contributed by atoms with Gasteiger partial charge < -0.3 is 10.2 Å². The van der Waals surface area contributed by atoms with Gasteiger partial charge in [-0.05, 0) is 30.9 Å². The Bertz CT molecular complexity index is 362. The maximum atomic E-state index is 6.38. The first-order valence-corrected chi connectivity index (χ1v) is 7.61. The largest absolute Gasteiger partial charge is 0.369 e. The van der Waals surface area contributed by atoms with Crippen LogP contribution in [0.2, 0.25) is 5.02 Å². The highest BCUT2D eigenvalue weighted by Gasteiger charge is 2.16. The number of anilines is 1. The van der Waals surface area contributed by atoms with Gasteiger partial charge in [0.2, 0.25) is 0 Å². The molecule has 94 valence electrons. The van der Waals surface area contributed by atoms with Crippen LogP contribution in [-0.2, 0) is 6.54 Å². The van der Waals surface area contributed by atoms with Crippen molar-refractivity contribution in [1.29, 1.82) is 0 Å². The average molecular weight is 271 g/mol. The van der Waals surface area contributed by atoms with Gasteiger partial charge in [-0.25, -0.2) is 0 Å². The number of para-hydroxylation sites is 1. The fraction of sp³-hybridized carbons (Fsp3) is 0.538. The molecule has 1 aromatic carbocycles. The standard InChI is InChI=1S/C13H19ClN2S/c1-15-10-11-4-2-5-12(14)13(11)16-6-3-8-17-9-7-16/h2,4-5,15H,3,6-10H2,1H3. The predicted molar refractivity (Wildman–Crippen MR) is 78.4 cm³/mol. The molecule has 0 spiro atoms. The minimum absolute atomic E-state index is 0.875. The molecule has 0 bridgehead atoms. The van der Waals surface area contributed by atoms with Crippen LogP contribution in [0.3, 0.4) is 0 Å². The number of nitrogens with one attached hydrogen (secondary N) is 1. The number of thioether (sulfide) groups is 1. The lowest BCUT2D eigenvalue weighted by Gasteiger charge is -2.26. The summed E-state index contributed by atoms with van der Waals surface area (Å²) in [7, 11) is 1.98. The minimum atomic E-state index is 0.875. The topological polar surface area (TPSA) is 15.3 Å². The molecule has 17 heavy (non-hydrogen) atoms. The van der Waals surface area contributed by atoms with Gasteiger partial charge >= 0.3 is 0 Å². The first kappa shape index (κ1) is 13.1. The van der Waals surface area contributed by atoms with Crippen LogP contribution in [0.25, 0.3) is 0 Å². The third kappa shape index (κ3) is 3.30. The fourth-order valence-corrected chi connectivity index (χ4v) is 3.42. The van der Waals surface area contributed by atoms with Gasteiger partial charge in [-0.15, -0.1) is 0 Å². The van der Waals surface area contributed by atoms with Crippen molar-refractivity contribution in [1.82, 2.24) is 5.32 Å². The molecule has 0 radical (unpaired) electrons. The molecule has 1 aliphatic rings.